The van der Waals surface area contributed by atoms with E-state index in [1.54, 1.807) is 7.11 Å². The number of aromatic nitrogens is 1. The summed E-state index contributed by atoms with van der Waals surface area (Å²) < 4.78 is 10.3. The van der Waals surface area contributed by atoms with Crippen LogP contribution in [0.5, 0.6) is 0 Å². The molecule has 8 nitrogen and oxygen atoms in total. The first-order chi connectivity index (χ1) is 19.5. The molecule has 3 aliphatic heterocycles. The van der Waals surface area contributed by atoms with Crippen LogP contribution < -0.4 is 0 Å². The van der Waals surface area contributed by atoms with Gasteiger partial charge in [0.15, 0.2) is 0 Å². The molecule has 0 aromatic carbocycles. The summed E-state index contributed by atoms with van der Waals surface area (Å²) in [5.74, 6) is 0.530. The molecule has 1 unspecified atom stereocenters. The molecule has 0 aliphatic carbocycles. The minimum absolute atomic E-state index is 0.133. The second-order valence-corrected chi connectivity index (χ2v) is 11.3. The highest BCUT2D eigenvalue weighted by molar-refractivity contribution is 6.10. The van der Waals surface area contributed by atoms with E-state index in [9.17, 15) is 4.79 Å². The van der Waals surface area contributed by atoms with Crippen molar-refractivity contribution in [1.29, 1.82) is 5.26 Å². The molecule has 4 rings (SSSR count). The van der Waals surface area contributed by atoms with E-state index in [0.29, 0.717) is 18.7 Å². The van der Waals surface area contributed by atoms with Gasteiger partial charge in [-0.1, -0.05) is 13.8 Å². The minimum Gasteiger partial charge on any atom is -0.481 e. The maximum Gasteiger partial charge on any atom is 0.305 e. The van der Waals surface area contributed by atoms with Gasteiger partial charge in [0.25, 0.3) is 0 Å². The molecule has 214 valence electrons. The van der Waals surface area contributed by atoms with E-state index in [2.05, 4.69) is 62.0 Å². The van der Waals surface area contributed by atoms with Gasteiger partial charge in [0.05, 0.1) is 37.4 Å². The highest BCUT2D eigenvalue weighted by Crippen LogP contribution is 2.45. The maximum absolute atomic E-state index is 11.7. The molecular weight excluding hydrogens is 514 g/mol. The Kier molecular flexibility index (Phi) is 8.77. The van der Waals surface area contributed by atoms with E-state index >= 15 is 0 Å². The summed E-state index contributed by atoms with van der Waals surface area (Å²) in [6.07, 6.45) is 10.3. The number of carbonyl (C=O) groups excluding carboxylic acids is 1. The van der Waals surface area contributed by atoms with Gasteiger partial charge in [0.1, 0.15) is 0 Å². The van der Waals surface area contributed by atoms with Crippen LogP contribution in [0.25, 0.3) is 12.2 Å². The van der Waals surface area contributed by atoms with E-state index in [1.165, 1.54) is 7.11 Å². The first kappa shape index (κ1) is 29.7. The van der Waals surface area contributed by atoms with Crippen LogP contribution in [0.1, 0.15) is 77.3 Å². The number of nitriles is 1. The number of aryl methyl sites for hydroxylation is 1. The quantitative estimate of drug-likeness (QED) is 0.348. The molecule has 0 spiro atoms. The van der Waals surface area contributed by atoms with Gasteiger partial charge in [-0.25, -0.2) is 9.98 Å². The van der Waals surface area contributed by atoms with Crippen molar-refractivity contribution in [3.8, 4) is 6.07 Å². The first-order valence-electron chi connectivity index (χ1n) is 13.9. The van der Waals surface area contributed by atoms with E-state index in [1.807, 2.05) is 26.0 Å². The van der Waals surface area contributed by atoms with Gasteiger partial charge in [0, 0.05) is 52.5 Å². The minimum atomic E-state index is -0.264. The molecule has 41 heavy (non-hydrogen) atoms. The van der Waals surface area contributed by atoms with E-state index in [4.69, 9.17) is 24.7 Å². The lowest BCUT2D eigenvalue weighted by Crippen LogP contribution is -2.24. The Morgan fingerprint density at radius 1 is 1.10 bits per heavy atom. The third kappa shape index (κ3) is 6.25. The van der Waals surface area contributed by atoms with Crippen LogP contribution in [0.4, 0.5) is 0 Å². The Bertz CT molecular complexity index is 1550. The predicted molar refractivity (Wildman–Crippen MR) is 164 cm³/mol. The zero-order valence-corrected chi connectivity index (χ0v) is 25.3. The molecule has 1 N–H and O–H groups in total. The largest absolute Gasteiger partial charge is 0.481 e. The number of rotatable bonds is 8. The van der Waals surface area contributed by atoms with Gasteiger partial charge >= 0.3 is 5.97 Å². The zero-order chi connectivity index (χ0) is 29.9. The molecule has 8 heteroatoms. The van der Waals surface area contributed by atoms with Crippen molar-refractivity contribution in [2.24, 2.45) is 26.3 Å². The molecule has 0 radical (unpaired) electrons. The number of allylic oxidation sites excluding steroid dienone is 5. The number of nitrogens with one attached hydrogen (secondary N) is 1. The molecule has 0 saturated heterocycles. The summed E-state index contributed by atoms with van der Waals surface area (Å²) in [5.41, 5.74) is 10.5. The third-order valence-electron chi connectivity index (χ3n) is 8.15. The Labute approximate surface area is 242 Å². The lowest BCUT2D eigenvalue weighted by molar-refractivity contribution is -0.140. The Balaban J connectivity index is 1.57. The SMILES string of the molecule is COC(=O)CCC1=C(C)/C(=C/C2=NC(=C\c3cc(C)c(/C=C4\N=C(C)C(CCC#N)C4(C)C)[nH]3)/C(C)=C2)N=C1OC. The topological polar surface area (TPSA) is 112 Å². The molecule has 0 bridgehead atoms. The standard InChI is InChI=1S/C33H39N5O3/c1-19-14-24(17-29-21(3)25(32(38-29)41-8)11-12-31(39)40-7)36-27(19)16-23-15-20(2)28(37-23)18-30-33(5,6)26(10-9-13-34)22(4)35-30/h14-18,26,37H,9-12H2,1-8H3/b27-16-,29-17-,30-18-. The number of H-pyrrole nitrogens is 1. The smallest absolute Gasteiger partial charge is 0.305 e. The second kappa shape index (κ2) is 12.1. The Morgan fingerprint density at radius 2 is 1.85 bits per heavy atom. The summed E-state index contributed by atoms with van der Waals surface area (Å²) in [6.45, 7) is 12.6. The van der Waals surface area contributed by atoms with E-state index in [0.717, 1.165) is 68.6 Å². The van der Waals surface area contributed by atoms with Crippen molar-refractivity contribution in [2.75, 3.05) is 14.2 Å². The van der Waals surface area contributed by atoms with Crippen molar-refractivity contribution >= 4 is 35.4 Å². The summed E-state index contributed by atoms with van der Waals surface area (Å²) in [6, 6.07) is 4.40. The number of nitrogens with zero attached hydrogens (tertiary/aromatic N) is 4. The molecule has 0 amide bonds. The van der Waals surface area contributed by atoms with Gasteiger partial charge in [-0.3, -0.25) is 9.79 Å². The van der Waals surface area contributed by atoms with Crippen molar-refractivity contribution in [3.63, 3.8) is 0 Å². The van der Waals surface area contributed by atoms with Crippen molar-refractivity contribution < 1.29 is 14.3 Å². The molecule has 1 aromatic heterocycles. The van der Waals surface area contributed by atoms with Crippen LogP contribution in [0.2, 0.25) is 0 Å². The average molecular weight is 554 g/mol. The summed E-state index contributed by atoms with van der Waals surface area (Å²) >= 11 is 0. The monoisotopic (exact) mass is 553 g/mol. The fraction of sp³-hybridized carbons (Fsp3) is 0.424. The second-order valence-electron chi connectivity index (χ2n) is 11.3. The van der Waals surface area contributed by atoms with Gasteiger partial charge in [-0.05, 0) is 87.6 Å². The molecule has 1 aromatic rings. The van der Waals surface area contributed by atoms with Crippen LogP contribution in [0.15, 0.2) is 67.0 Å². The van der Waals surface area contributed by atoms with E-state index < -0.39 is 0 Å². The van der Waals surface area contributed by atoms with E-state index in [-0.39, 0.29) is 23.7 Å². The Hall–Kier alpha value is -4.25. The highest BCUT2D eigenvalue weighted by atomic mass is 16.5. The lowest BCUT2D eigenvalue weighted by atomic mass is 9.74. The number of esters is 1. The molecule has 3 aliphatic rings. The summed E-state index contributed by atoms with van der Waals surface area (Å²) in [5, 5.41) is 9.08. The fourth-order valence-electron chi connectivity index (χ4n) is 5.65. The van der Waals surface area contributed by atoms with Crippen LogP contribution >= 0.6 is 0 Å². The van der Waals surface area contributed by atoms with Crippen LogP contribution in [0.3, 0.4) is 0 Å². The number of hydrogen-bond donors (Lipinski definition) is 1. The zero-order valence-electron chi connectivity index (χ0n) is 25.3. The predicted octanol–water partition coefficient (Wildman–Crippen LogP) is 7.04. The molecular formula is C33H39N5O3. The van der Waals surface area contributed by atoms with Crippen LogP contribution in [-0.4, -0.2) is 42.5 Å². The number of hydrogen-bond acceptors (Lipinski definition) is 7. The van der Waals surface area contributed by atoms with Gasteiger partial charge in [-0.2, -0.15) is 5.26 Å². The van der Waals surface area contributed by atoms with Crippen molar-refractivity contribution in [2.45, 2.75) is 67.2 Å². The first-order valence-corrected chi connectivity index (χ1v) is 13.9. The lowest BCUT2D eigenvalue weighted by Gasteiger charge is -2.27. The average Bonchev–Trinajstić information content (AvgIpc) is 3.61. The van der Waals surface area contributed by atoms with Gasteiger partial charge in [-0.15, -0.1) is 0 Å². The molecule has 1 atom stereocenters. The number of aliphatic imine (C=N–C) groups is 3. The normalized spacial score (nSPS) is 22.7. The number of methoxy groups -OCH3 is 2. The molecule has 4 heterocycles. The molecule has 0 saturated carbocycles. The summed E-state index contributed by atoms with van der Waals surface area (Å²) in [4.78, 5) is 29.6. The maximum atomic E-state index is 11.7. The van der Waals surface area contributed by atoms with Crippen LogP contribution in [-0.2, 0) is 14.3 Å². The fourth-order valence-corrected chi connectivity index (χ4v) is 5.65. The van der Waals surface area contributed by atoms with Gasteiger partial charge in [0.2, 0.25) is 5.90 Å². The molecule has 0 fully saturated rings. The Morgan fingerprint density at radius 3 is 2.54 bits per heavy atom. The van der Waals surface area contributed by atoms with Crippen LogP contribution in [0, 0.1) is 29.6 Å². The number of aromatic amines is 1. The number of carbonyl (C=O) groups is 1. The van der Waals surface area contributed by atoms with Gasteiger partial charge < -0.3 is 14.5 Å². The van der Waals surface area contributed by atoms with Crippen molar-refractivity contribution in [1.82, 2.24) is 4.98 Å². The highest BCUT2D eigenvalue weighted by Gasteiger charge is 2.40. The van der Waals surface area contributed by atoms with Crippen molar-refractivity contribution in [3.05, 3.63) is 69.0 Å². The summed E-state index contributed by atoms with van der Waals surface area (Å²) in [7, 11) is 2.97. The third-order valence-corrected chi connectivity index (χ3v) is 8.15. The number of ether oxygens (including phenoxy) is 2.